The van der Waals surface area contributed by atoms with Crippen LogP contribution in [-0.4, -0.2) is 0 Å². The Hall–Kier alpha value is -2.60. The maximum atomic E-state index is 2.44. The summed E-state index contributed by atoms with van der Waals surface area (Å²) in [7, 11) is 0. The quantitative estimate of drug-likeness (QED) is 0.238. The van der Waals surface area contributed by atoms with E-state index in [1.165, 1.54) is 84.7 Å². The van der Waals surface area contributed by atoms with E-state index < -0.39 is 0 Å². The highest BCUT2D eigenvalue weighted by molar-refractivity contribution is 5.64. The fraction of sp³-hybridized carbons (Fsp3) is 0.375. The summed E-state index contributed by atoms with van der Waals surface area (Å²) < 4.78 is 0. The van der Waals surface area contributed by atoms with Crippen molar-refractivity contribution in [2.24, 2.45) is 0 Å². The number of hydrogen-bond acceptors (Lipinski definition) is 0. The zero-order valence-electron chi connectivity index (χ0n) is 19.9. The molecule has 0 heteroatoms. The van der Waals surface area contributed by atoms with E-state index in [2.05, 4.69) is 98.8 Å². The molecule has 0 nitrogen and oxygen atoms in total. The van der Waals surface area contributed by atoms with Crippen molar-refractivity contribution >= 4 is 0 Å². The molecule has 0 saturated heterocycles. The average molecular weight is 423 g/mol. The van der Waals surface area contributed by atoms with Crippen LogP contribution < -0.4 is 0 Å². The number of aryl methyl sites for hydroxylation is 2. The van der Waals surface area contributed by atoms with Gasteiger partial charge in [0.2, 0.25) is 0 Å². The van der Waals surface area contributed by atoms with E-state index in [0.717, 1.165) is 0 Å². The highest BCUT2D eigenvalue weighted by Gasteiger charge is 2.18. The van der Waals surface area contributed by atoms with Gasteiger partial charge < -0.3 is 0 Å². The third-order valence-corrected chi connectivity index (χ3v) is 7.01. The maximum Gasteiger partial charge on any atom is 0.00185 e. The van der Waals surface area contributed by atoms with Crippen LogP contribution in [0.3, 0.4) is 0 Å². The van der Waals surface area contributed by atoms with Gasteiger partial charge >= 0.3 is 0 Å². The second-order valence-corrected chi connectivity index (χ2v) is 9.44. The fourth-order valence-corrected chi connectivity index (χ4v) is 4.96. The van der Waals surface area contributed by atoms with Crippen LogP contribution in [0.1, 0.15) is 86.5 Å². The fourth-order valence-electron chi connectivity index (χ4n) is 4.96. The zero-order valence-corrected chi connectivity index (χ0v) is 19.9. The minimum absolute atomic E-state index is 0.542. The normalized spacial score (nSPS) is 18.1. The summed E-state index contributed by atoms with van der Waals surface area (Å²) in [4.78, 5) is 0. The molecular weight excluding hydrogens is 384 g/mol. The number of allylic oxidation sites excluding steroid dienone is 2. The Bertz CT molecular complexity index is 974. The van der Waals surface area contributed by atoms with Crippen molar-refractivity contribution in [2.45, 2.75) is 77.0 Å². The summed E-state index contributed by atoms with van der Waals surface area (Å²) in [6, 6.07) is 27.7. The maximum absolute atomic E-state index is 2.44. The van der Waals surface area contributed by atoms with E-state index in [-0.39, 0.29) is 0 Å². The minimum atomic E-state index is 0.542. The molecule has 0 spiro atoms. The first-order chi connectivity index (χ1) is 15.8. The molecule has 0 fully saturated rings. The first-order valence-electron chi connectivity index (χ1n) is 12.7. The molecule has 0 amide bonds. The summed E-state index contributed by atoms with van der Waals surface area (Å²) in [5.74, 6) is 1.11. The molecular formula is C32H38. The lowest BCUT2D eigenvalue weighted by Crippen LogP contribution is -2.06. The van der Waals surface area contributed by atoms with Crippen LogP contribution in [0, 0.1) is 0 Å². The predicted molar refractivity (Wildman–Crippen MR) is 139 cm³/mol. The van der Waals surface area contributed by atoms with Crippen molar-refractivity contribution in [1.29, 1.82) is 0 Å². The molecule has 3 aromatic carbocycles. The van der Waals surface area contributed by atoms with Gasteiger partial charge in [0.25, 0.3) is 0 Å². The first kappa shape index (κ1) is 22.6. The van der Waals surface area contributed by atoms with E-state index in [1.807, 2.05) is 0 Å². The van der Waals surface area contributed by atoms with Gasteiger partial charge in [-0.15, -0.1) is 0 Å². The molecule has 0 bridgehead atoms. The van der Waals surface area contributed by atoms with Crippen LogP contribution >= 0.6 is 0 Å². The van der Waals surface area contributed by atoms with E-state index in [4.69, 9.17) is 0 Å². The van der Waals surface area contributed by atoms with Crippen LogP contribution in [0.4, 0.5) is 0 Å². The highest BCUT2D eigenvalue weighted by atomic mass is 14.2. The lowest BCUT2D eigenvalue weighted by molar-refractivity contribution is 0.600. The highest BCUT2D eigenvalue weighted by Crippen LogP contribution is 2.36. The number of rotatable bonds is 9. The Morgan fingerprint density at radius 1 is 0.531 bits per heavy atom. The van der Waals surface area contributed by atoms with Crippen LogP contribution in [0.15, 0.2) is 84.9 Å². The second-order valence-electron chi connectivity index (χ2n) is 9.44. The predicted octanol–water partition coefficient (Wildman–Crippen LogP) is 9.26. The smallest absolute Gasteiger partial charge is 0.00185 e. The van der Waals surface area contributed by atoms with Gasteiger partial charge in [0, 0.05) is 11.8 Å². The molecule has 0 heterocycles. The van der Waals surface area contributed by atoms with Crippen LogP contribution in [0.2, 0.25) is 0 Å². The van der Waals surface area contributed by atoms with Crippen molar-refractivity contribution in [3.63, 3.8) is 0 Å². The summed E-state index contributed by atoms with van der Waals surface area (Å²) in [6.07, 6.45) is 14.8. The molecule has 166 valence electrons. The van der Waals surface area contributed by atoms with Crippen molar-refractivity contribution in [3.05, 3.63) is 107 Å². The van der Waals surface area contributed by atoms with Gasteiger partial charge in [0.1, 0.15) is 0 Å². The van der Waals surface area contributed by atoms with Gasteiger partial charge in [0.05, 0.1) is 0 Å². The lowest BCUT2D eigenvalue weighted by Gasteiger charge is -2.24. The van der Waals surface area contributed by atoms with E-state index in [9.17, 15) is 0 Å². The molecule has 0 aromatic heterocycles. The average Bonchev–Trinajstić information content (AvgIpc) is 2.86. The van der Waals surface area contributed by atoms with Crippen molar-refractivity contribution in [1.82, 2.24) is 0 Å². The van der Waals surface area contributed by atoms with Crippen LogP contribution in [0.25, 0.3) is 11.1 Å². The SMILES string of the molecule is CCCCCc1ccc(-c2ccc(C3C=CC(c4ccc(CCC)cc4)CC3)cc2)cc1. The Labute approximate surface area is 195 Å². The number of unbranched alkanes of at least 4 members (excludes halogenated alkanes) is 2. The summed E-state index contributed by atoms with van der Waals surface area (Å²) >= 11 is 0. The third-order valence-electron chi connectivity index (χ3n) is 7.01. The van der Waals surface area contributed by atoms with Crippen molar-refractivity contribution in [2.75, 3.05) is 0 Å². The Morgan fingerprint density at radius 2 is 1.00 bits per heavy atom. The molecule has 3 aromatic rings. The standard InChI is InChI=1S/C32H38/c1-3-5-6-8-26-11-15-28(16-12-26)30-19-23-32(24-20-30)31-21-17-29(18-22-31)27-13-9-25(7-4-2)10-14-27/h9-17,19-21,23-24,29,31H,3-8,18,22H2,1-2H3. The van der Waals surface area contributed by atoms with E-state index >= 15 is 0 Å². The molecule has 0 aliphatic heterocycles. The van der Waals surface area contributed by atoms with Crippen molar-refractivity contribution in [3.8, 4) is 11.1 Å². The lowest BCUT2D eigenvalue weighted by atomic mass is 9.81. The Kier molecular flexibility index (Phi) is 7.99. The Balaban J connectivity index is 1.36. The third kappa shape index (κ3) is 5.80. The molecule has 1 aliphatic rings. The van der Waals surface area contributed by atoms with Gasteiger partial charge in [-0.1, -0.05) is 118 Å². The molecule has 32 heavy (non-hydrogen) atoms. The van der Waals surface area contributed by atoms with Crippen LogP contribution in [0.5, 0.6) is 0 Å². The van der Waals surface area contributed by atoms with Gasteiger partial charge in [-0.3, -0.25) is 0 Å². The first-order valence-corrected chi connectivity index (χ1v) is 12.7. The molecule has 2 atom stereocenters. The molecule has 0 radical (unpaired) electrons. The number of benzene rings is 3. The molecule has 0 N–H and O–H groups in total. The molecule has 4 rings (SSSR count). The van der Waals surface area contributed by atoms with Crippen molar-refractivity contribution < 1.29 is 0 Å². The van der Waals surface area contributed by atoms with E-state index in [0.29, 0.717) is 11.8 Å². The molecule has 0 saturated carbocycles. The second kappa shape index (κ2) is 11.3. The van der Waals surface area contributed by atoms with Crippen LogP contribution in [-0.2, 0) is 12.8 Å². The topological polar surface area (TPSA) is 0 Å². The van der Waals surface area contributed by atoms with Gasteiger partial charge in [-0.2, -0.15) is 0 Å². The van der Waals surface area contributed by atoms with Gasteiger partial charge in [-0.05, 0) is 65.5 Å². The number of hydrogen-bond donors (Lipinski definition) is 0. The monoisotopic (exact) mass is 422 g/mol. The van der Waals surface area contributed by atoms with Gasteiger partial charge in [0.15, 0.2) is 0 Å². The summed E-state index contributed by atoms with van der Waals surface area (Å²) in [5.41, 5.74) is 8.46. The molecule has 2 unspecified atom stereocenters. The molecule has 1 aliphatic carbocycles. The Morgan fingerprint density at radius 3 is 1.50 bits per heavy atom. The largest absolute Gasteiger partial charge is 0.0804 e. The summed E-state index contributed by atoms with van der Waals surface area (Å²) in [5, 5.41) is 0. The van der Waals surface area contributed by atoms with Gasteiger partial charge in [-0.25, -0.2) is 0 Å². The zero-order chi connectivity index (χ0) is 22.2. The van der Waals surface area contributed by atoms with E-state index in [1.54, 1.807) is 0 Å². The minimum Gasteiger partial charge on any atom is -0.0804 e. The summed E-state index contributed by atoms with van der Waals surface area (Å²) in [6.45, 7) is 4.51.